The summed E-state index contributed by atoms with van der Waals surface area (Å²) in [5, 5.41) is 6.82. The van der Waals surface area contributed by atoms with Crippen LogP contribution >= 0.6 is 11.8 Å². The van der Waals surface area contributed by atoms with Crippen LogP contribution in [0.25, 0.3) is 0 Å². The normalized spacial score (nSPS) is 14.4. The van der Waals surface area contributed by atoms with Crippen molar-refractivity contribution in [2.24, 2.45) is 5.10 Å². The van der Waals surface area contributed by atoms with Crippen LogP contribution < -0.4 is 10.1 Å². The van der Waals surface area contributed by atoms with Gasteiger partial charge in [0, 0.05) is 29.8 Å². The van der Waals surface area contributed by atoms with Crippen molar-refractivity contribution in [1.29, 1.82) is 0 Å². The van der Waals surface area contributed by atoms with Crippen molar-refractivity contribution in [1.82, 2.24) is 10.3 Å². The monoisotopic (exact) mass is 589 g/mol. The predicted molar refractivity (Wildman–Crippen MR) is 142 cm³/mol. The zero-order valence-electron chi connectivity index (χ0n) is 21.5. The molecule has 1 atom stereocenters. The second-order valence-electron chi connectivity index (χ2n) is 8.51. The fraction of sp³-hybridized carbons (Fsp3) is 0.214. The van der Waals surface area contributed by atoms with Gasteiger partial charge in [0.2, 0.25) is 0 Å². The van der Waals surface area contributed by atoms with Gasteiger partial charge in [-0.25, -0.2) is 22.6 Å². The predicted octanol–water partition coefficient (Wildman–Crippen LogP) is 4.94. The summed E-state index contributed by atoms with van der Waals surface area (Å²) >= 11 is 1.02. The Bertz CT molecular complexity index is 1460. The molecule has 1 unspecified atom stereocenters. The highest BCUT2D eigenvalue weighted by molar-refractivity contribution is 8.14. The van der Waals surface area contributed by atoms with Gasteiger partial charge in [0.05, 0.1) is 13.0 Å². The van der Waals surface area contributed by atoms with Gasteiger partial charge in [0.25, 0.3) is 11.8 Å². The molecule has 41 heavy (non-hydrogen) atoms. The average molecular weight is 590 g/mol. The molecular weight excluding hydrogens is 566 g/mol. The van der Waals surface area contributed by atoms with E-state index in [1.165, 1.54) is 30.3 Å². The number of amides is 2. The van der Waals surface area contributed by atoms with Gasteiger partial charge in [-0.2, -0.15) is 5.10 Å². The van der Waals surface area contributed by atoms with Crippen molar-refractivity contribution >= 4 is 34.6 Å². The minimum atomic E-state index is -1.41. The summed E-state index contributed by atoms with van der Waals surface area (Å²) in [5.41, 5.74) is -0.259. The van der Waals surface area contributed by atoms with Crippen molar-refractivity contribution < 1.29 is 41.4 Å². The molecule has 0 radical (unpaired) electrons. The van der Waals surface area contributed by atoms with Gasteiger partial charge in [-0.1, -0.05) is 30.0 Å². The molecular formula is C28H23F4N3O5S. The minimum absolute atomic E-state index is 0.0219. The zero-order chi connectivity index (χ0) is 29.5. The lowest BCUT2D eigenvalue weighted by Crippen LogP contribution is -2.31. The third-order valence-electron chi connectivity index (χ3n) is 5.66. The van der Waals surface area contributed by atoms with Crippen molar-refractivity contribution in [3.05, 3.63) is 101 Å². The number of hydrazone groups is 1. The molecule has 0 aromatic heterocycles. The smallest absolute Gasteiger partial charge is 0.307 e. The summed E-state index contributed by atoms with van der Waals surface area (Å²) in [6, 6.07) is 12.3. The Labute approximate surface area is 236 Å². The van der Waals surface area contributed by atoms with E-state index in [9.17, 15) is 31.9 Å². The van der Waals surface area contributed by atoms with Gasteiger partial charge in [-0.05, 0) is 37.3 Å². The number of benzene rings is 3. The molecule has 0 fully saturated rings. The number of ether oxygens (including phenoxy) is 2. The van der Waals surface area contributed by atoms with Crippen LogP contribution in [0.4, 0.5) is 17.6 Å². The second kappa shape index (κ2) is 13.3. The largest absolute Gasteiger partial charge is 0.483 e. The van der Waals surface area contributed by atoms with E-state index in [2.05, 4.69) is 10.4 Å². The Balaban J connectivity index is 1.60. The molecule has 1 aliphatic rings. The molecule has 0 saturated heterocycles. The third-order valence-corrected chi connectivity index (χ3v) is 6.88. The van der Waals surface area contributed by atoms with Crippen LogP contribution in [0.2, 0.25) is 0 Å². The summed E-state index contributed by atoms with van der Waals surface area (Å²) < 4.78 is 66.7. The summed E-state index contributed by atoms with van der Waals surface area (Å²) in [6.45, 7) is 1.48. The number of halogens is 4. The quantitative estimate of drug-likeness (QED) is 0.266. The van der Waals surface area contributed by atoms with Crippen LogP contribution in [0, 0.1) is 23.3 Å². The van der Waals surface area contributed by atoms with Crippen LogP contribution in [-0.4, -0.2) is 47.6 Å². The summed E-state index contributed by atoms with van der Waals surface area (Å²) in [7, 11) is 0. The molecule has 0 spiro atoms. The Morgan fingerprint density at radius 3 is 2.34 bits per heavy atom. The van der Waals surface area contributed by atoms with Gasteiger partial charge in [-0.3, -0.25) is 14.4 Å². The van der Waals surface area contributed by atoms with E-state index < -0.39 is 58.6 Å². The number of esters is 1. The van der Waals surface area contributed by atoms with Crippen LogP contribution in [0.15, 0.2) is 65.8 Å². The van der Waals surface area contributed by atoms with Gasteiger partial charge in [0.15, 0.2) is 6.61 Å². The fourth-order valence-electron chi connectivity index (χ4n) is 3.80. The van der Waals surface area contributed by atoms with Gasteiger partial charge >= 0.3 is 5.97 Å². The molecule has 0 bridgehead atoms. The molecule has 3 aromatic rings. The average Bonchev–Trinajstić information content (AvgIpc) is 3.37. The number of carbonyl (C=O) groups is 3. The zero-order valence-corrected chi connectivity index (χ0v) is 22.4. The molecule has 8 nitrogen and oxygen atoms in total. The Hall–Kier alpha value is -4.39. The minimum Gasteiger partial charge on any atom is -0.483 e. The summed E-state index contributed by atoms with van der Waals surface area (Å²) in [4.78, 5) is 37.2. The third kappa shape index (κ3) is 7.23. The first kappa shape index (κ1) is 29.6. The van der Waals surface area contributed by atoms with Gasteiger partial charge in [0.1, 0.15) is 45.0 Å². The van der Waals surface area contributed by atoms with E-state index in [1.54, 1.807) is 25.1 Å². The molecule has 1 aliphatic heterocycles. The molecule has 1 heterocycles. The van der Waals surface area contributed by atoms with Crippen molar-refractivity contribution in [2.75, 3.05) is 19.8 Å². The van der Waals surface area contributed by atoms with E-state index in [1.807, 2.05) is 0 Å². The van der Waals surface area contributed by atoms with E-state index in [0.717, 1.165) is 16.8 Å². The van der Waals surface area contributed by atoms with Gasteiger partial charge in [-0.15, -0.1) is 0 Å². The highest BCUT2D eigenvalue weighted by Gasteiger charge is 2.38. The molecule has 2 amide bonds. The fourth-order valence-corrected chi connectivity index (χ4v) is 4.99. The van der Waals surface area contributed by atoms with Crippen molar-refractivity contribution in [2.45, 2.75) is 18.7 Å². The van der Waals surface area contributed by atoms with Crippen LogP contribution in [-0.2, 0) is 14.3 Å². The lowest BCUT2D eigenvalue weighted by atomic mass is 10.1. The molecule has 214 valence electrons. The molecule has 0 saturated carbocycles. The maximum absolute atomic E-state index is 14.6. The topological polar surface area (TPSA) is 97.3 Å². The number of hydrogen-bond donors (Lipinski definition) is 1. The molecule has 0 aliphatic carbocycles. The first-order valence-electron chi connectivity index (χ1n) is 12.3. The van der Waals surface area contributed by atoms with E-state index >= 15 is 0 Å². The lowest BCUT2D eigenvalue weighted by Gasteiger charge is -2.23. The number of carbonyl (C=O) groups excluding carboxylic acids is 3. The number of para-hydroxylation sites is 1. The van der Waals surface area contributed by atoms with E-state index in [4.69, 9.17) is 9.47 Å². The van der Waals surface area contributed by atoms with Crippen molar-refractivity contribution in [3.8, 4) is 5.75 Å². The first-order chi connectivity index (χ1) is 19.7. The second-order valence-corrected chi connectivity index (χ2v) is 9.58. The van der Waals surface area contributed by atoms with Crippen molar-refractivity contribution in [3.63, 3.8) is 0 Å². The number of rotatable bonds is 10. The highest BCUT2D eigenvalue weighted by atomic mass is 32.2. The number of thioether (sulfide) groups is 1. The van der Waals surface area contributed by atoms with Gasteiger partial charge < -0.3 is 14.8 Å². The molecule has 4 rings (SSSR count). The Kier molecular flexibility index (Phi) is 9.61. The van der Waals surface area contributed by atoms with Crippen LogP contribution in [0.5, 0.6) is 5.75 Å². The maximum atomic E-state index is 14.6. The Morgan fingerprint density at radius 1 is 0.976 bits per heavy atom. The Morgan fingerprint density at radius 2 is 1.66 bits per heavy atom. The lowest BCUT2D eigenvalue weighted by molar-refractivity contribution is -0.143. The molecule has 13 heteroatoms. The summed E-state index contributed by atoms with van der Waals surface area (Å²) in [6.07, 6.45) is -0.0219. The SMILES string of the molecule is CCOC(=O)CCNC(=O)COc1ccccc1C1SC(c2ccc(F)cc2)=NN1C(=O)c1c(F)cc(F)cc1F. The van der Waals surface area contributed by atoms with Crippen LogP contribution in [0.3, 0.4) is 0 Å². The maximum Gasteiger partial charge on any atom is 0.307 e. The van der Waals surface area contributed by atoms with E-state index in [0.29, 0.717) is 23.3 Å². The standard InChI is InChI=1S/C28H23F4N3O5S/c1-2-39-24(37)11-12-33-23(36)15-40-22-6-4-3-5-19(22)28-35(27(38)25-20(31)13-18(30)14-21(25)32)34-26(41-28)16-7-9-17(29)10-8-16/h3-10,13-14,28H,2,11-12,15H2,1H3,(H,33,36). The van der Waals surface area contributed by atoms with E-state index in [-0.39, 0.29) is 30.4 Å². The number of hydrogen-bond acceptors (Lipinski definition) is 7. The summed E-state index contributed by atoms with van der Waals surface area (Å²) in [5.74, 6) is -6.55. The molecule has 1 N–H and O–H groups in total. The number of nitrogens with one attached hydrogen (secondary N) is 1. The number of nitrogens with zero attached hydrogens (tertiary/aromatic N) is 2. The highest BCUT2D eigenvalue weighted by Crippen LogP contribution is 2.45. The van der Waals surface area contributed by atoms with Crippen LogP contribution in [0.1, 0.15) is 40.2 Å². The first-order valence-corrected chi connectivity index (χ1v) is 13.2. The molecule has 3 aromatic carbocycles.